The molecular formula is C13H13N3O2. The van der Waals surface area contributed by atoms with Gasteiger partial charge < -0.3 is 9.15 Å². The first-order valence-electron chi connectivity index (χ1n) is 5.66. The summed E-state index contributed by atoms with van der Waals surface area (Å²) in [6, 6.07) is 9.45. The van der Waals surface area contributed by atoms with Crippen molar-refractivity contribution in [1.82, 2.24) is 10.2 Å². The van der Waals surface area contributed by atoms with E-state index in [2.05, 4.69) is 16.3 Å². The van der Waals surface area contributed by atoms with E-state index in [1.54, 1.807) is 6.92 Å². The van der Waals surface area contributed by atoms with Gasteiger partial charge in [-0.2, -0.15) is 5.26 Å². The van der Waals surface area contributed by atoms with Crippen LogP contribution in [0.4, 0.5) is 0 Å². The summed E-state index contributed by atoms with van der Waals surface area (Å²) in [4.78, 5) is 0. The molecule has 0 amide bonds. The number of aryl methyl sites for hydroxylation is 1. The molecule has 1 aromatic carbocycles. The van der Waals surface area contributed by atoms with Gasteiger partial charge in [0.15, 0.2) is 6.10 Å². The standard InChI is InChI=1S/C13H13N3O2/c1-3-17-12(8-14)10-4-6-11(7-5-10)13-16-15-9(2)18-13/h4-7,12H,3H2,1-2H3. The predicted octanol–water partition coefficient (Wildman–Crippen LogP) is 2.65. The maximum absolute atomic E-state index is 8.98. The highest BCUT2D eigenvalue weighted by atomic mass is 16.5. The molecule has 0 N–H and O–H groups in total. The third-order valence-electron chi connectivity index (χ3n) is 2.44. The molecule has 5 heteroatoms. The third kappa shape index (κ3) is 2.55. The van der Waals surface area contributed by atoms with Crippen LogP contribution < -0.4 is 0 Å². The Bertz CT molecular complexity index is 554. The predicted molar refractivity (Wildman–Crippen MR) is 64.5 cm³/mol. The SMILES string of the molecule is CCOC(C#N)c1ccc(-c2nnc(C)o2)cc1. The minimum Gasteiger partial charge on any atom is -0.421 e. The van der Waals surface area contributed by atoms with Gasteiger partial charge in [0.25, 0.3) is 0 Å². The Labute approximate surface area is 105 Å². The first kappa shape index (κ1) is 12.3. The fourth-order valence-corrected chi connectivity index (χ4v) is 1.59. The summed E-state index contributed by atoms with van der Waals surface area (Å²) in [6.45, 7) is 4.11. The summed E-state index contributed by atoms with van der Waals surface area (Å²) in [5, 5.41) is 16.7. The van der Waals surface area contributed by atoms with Gasteiger partial charge in [0.2, 0.25) is 11.8 Å². The largest absolute Gasteiger partial charge is 0.421 e. The van der Waals surface area contributed by atoms with E-state index < -0.39 is 6.10 Å². The number of rotatable bonds is 4. The molecule has 0 bridgehead atoms. The Morgan fingerprint density at radius 2 is 2.06 bits per heavy atom. The van der Waals surface area contributed by atoms with E-state index in [-0.39, 0.29) is 0 Å². The van der Waals surface area contributed by atoms with Crippen LogP contribution in [-0.4, -0.2) is 16.8 Å². The molecule has 0 aliphatic carbocycles. The van der Waals surface area contributed by atoms with Crippen molar-refractivity contribution in [3.05, 3.63) is 35.7 Å². The van der Waals surface area contributed by atoms with Crippen molar-refractivity contribution >= 4 is 0 Å². The fourth-order valence-electron chi connectivity index (χ4n) is 1.59. The van der Waals surface area contributed by atoms with E-state index in [1.165, 1.54) is 0 Å². The zero-order valence-corrected chi connectivity index (χ0v) is 10.3. The molecule has 0 fully saturated rings. The second-order valence-electron chi connectivity index (χ2n) is 3.71. The van der Waals surface area contributed by atoms with Crippen LogP contribution in [0.1, 0.15) is 24.5 Å². The number of ether oxygens (including phenoxy) is 1. The summed E-state index contributed by atoms with van der Waals surface area (Å²) in [5.41, 5.74) is 1.65. The number of benzene rings is 1. The van der Waals surface area contributed by atoms with E-state index in [9.17, 15) is 0 Å². The second-order valence-corrected chi connectivity index (χ2v) is 3.71. The van der Waals surface area contributed by atoms with Gasteiger partial charge in [0.05, 0.1) is 6.07 Å². The highest BCUT2D eigenvalue weighted by Crippen LogP contribution is 2.22. The normalized spacial score (nSPS) is 12.1. The Balaban J connectivity index is 2.22. The number of hydrogen-bond acceptors (Lipinski definition) is 5. The van der Waals surface area contributed by atoms with Gasteiger partial charge in [-0.25, -0.2) is 0 Å². The molecule has 0 saturated carbocycles. The minimum atomic E-state index is -0.534. The first-order chi connectivity index (χ1) is 8.74. The number of aromatic nitrogens is 2. The van der Waals surface area contributed by atoms with Crippen LogP contribution in [0.25, 0.3) is 11.5 Å². The summed E-state index contributed by atoms with van der Waals surface area (Å²) in [7, 11) is 0. The lowest BCUT2D eigenvalue weighted by atomic mass is 10.1. The van der Waals surface area contributed by atoms with Gasteiger partial charge in [-0.05, 0) is 24.6 Å². The van der Waals surface area contributed by atoms with Gasteiger partial charge in [-0.3, -0.25) is 0 Å². The lowest BCUT2D eigenvalue weighted by Gasteiger charge is -2.09. The molecule has 1 heterocycles. The maximum atomic E-state index is 8.98. The molecule has 1 atom stereocenters. The number of nitriles is 1. The Hall–Kier alpha value is -2.19. The molecule has 1 unspecified atom stereocenters. The molecule has 1 aromatic heterocycles. The van der Waals surface area contributed by atoms with Crippen molar-refractivity contribution in [2.24, 2.45) is 0 Å². The Morgan fingerprint density at radius 1 is 1.33 bits per heavy atom. The lowest BCUT2D eigenvalue weighted by Crippen LogP contribution is -2.01. The molecule has 18 heavy (non-hydrogen) atoms. The molecule has 0 radical (unpaired) electrons. The van der Waals surface area contributed by atoms with Gasteiger partial charge in [0.1, 0.15) is 0 Å². The molecule has 5 nitrogen and oxygen atoms in total. The van der Waals surface area contributed by atoms with Crippen molar-refractivity contribution in [2.75, 3.05) is 6.61 Å². The Kier molecular flexibility index (Phi) is 3.70. The van der Waals surface area contributed by atoms with Crippen LogP contribution >= 0.6 is 0 Å². The molecule has 0 aliphatic heterocycles. The van der Waals surface area contributed by atoms with Crippen molar-refractivity contribution < 1.29 is 9.15 Å². The van der Waals surface area contributed by atoms with E-state index in [0.29, 0.717) is 18.4 Å². The molecule has 92 valence electrons. The van der Waals surface area contributed by atoms with Crippen LogP contribution in [0, 0.1) is 18.3 Å². The van der Waals surface area contributed by atoms with Crippen molar-refractivity contribution in [1.29, 1.82) is 5.26 Å². The van der Waals surface area contributed by atoms with Crippen molar-refractivity contribution in [2.45, 2.75) is 20.0 Å². The zero-order valence-electron chi connectivity index (χ0n) is 10.3. The minimum absolute atomic E-state index is 0.476. The lowest BCUT2D eigenvalue weighted by molar-refractivity contribution is 0.102. The van der Waals surface area contributed by atoms with Gasteiger partial charge in [-0.1, -0.05) is 12.1 Å². The highest BCUT2D eigenvalue weighted by Gasteiger charge is 2.11. The topological polar surface area (TPSA) is 71.9 Å². The average Bonchev–Trinajstić information content (AvgIpc) is 2.83. The summed E-state index contributed by atoms with van der Waals surface area (Å²) < 4.78 is 10.6. The first-order valence-corrected chi connectivity index (χ1v) is 5.66. The average molecular weight is 243 g/mol. The van der Waals surface area contributed by atoms with E-state index in [0.717, 1.165) is 11.1 Å². The monoisotopic (exact) mass is 243 g/mol. The molecular weight excluding hydrogens is 230 g/mol. The highest BCUT2D eigenvalue weighted by molar-refractivity contribution is 5.53. The Morgan fingerprint density at radius 3 is 2.56 bits per heavy atom. The molecule has 2 rings (SSSR count). The smallest absolute Gasteiger partial charge is 0.247 e. The summed E-state index contributed by atoms with van der Waals surface area (Å²) in [6.07, 6.45) is -0.534. The summed E-state index contributed by atoms with van der Waals surface area (Å²) in [5.74, 6) is 1.00. The number of hydrogen-bond donors (Lipinski definition) is 0. The van der Waals surface area contributed by atoms with Crippen LogP contribution in [-0.2, 0) is 4.74 Å². The number of nitrogens with zero attached hydrogens (tertiary/aromatic N) is 3. The van der Waals surface area contributed by atoms with Crippen molar-refractivity contribution in [3.8, 4) is 17.5 Å². The zero-order chi connectivity index (χ0) is 13.0. The van der Waals surface area contributed by atoms with Gasteiger partial charge >= 0.3 is 0 Å². The third-order valence-corrected chi connectivity index (χ3v) is 2.44. The van der Waals surface area contributed by atoms with Crippen LogP contribution in [0.3, 0.4) is 0 Å². The van der Waals surface area contributed by atoms with E-state index >= 15 is 0 Å². The van der Waals surface area contributed by atoms with E-state index in [4.69, 9.17) is 14.4 Å². The van der Waals surface area contributed by atoms with Gasteiger partial charge in [0, 0.05) is 19.1 Å². The van der Waals surface area contributed by atoms with Crippen molar-refractivity contribution in [3.63, 3.8) is 0 Å². The molecule has 0 saturated heterocycles. The maximum Gasteiger partial charge on any atom is 0.247 e. The molecule has 0 aliphatic rings. The van der Waals surface area contributed by atoms with Crippen LogP contribution in [0.5, 0.6) is 0 Å². The van der Waals surface area contributed by atoms with E-state index in [1.807, 2.05) is 31.2 Å². The fraction of sp³-hybridized carbons (Fsp3) is 0.308. The van der Waals surface area contributed by atoms with Crippen LogP contribution in [0.15, 0.2) is 28.7 Å². The molecule has 2 aromatic rings. The van der Waals surface area contributed by atoms with Crippen LogP contribution in [0.2, 0.25) is 0 Å². The van der Waals surface area contributed by atoms with Gasteiger partial charge in [-0.15, -0.1) is 10.2 Å². The quantitative estimate of drug-likeness (QED) is 0.825. The second kappa shape index (κ2) is 5.43. The summed E-state index contributed by atoms with van der Waals surface area (Å²) >= 11 is 0. The molecule has 0 spiro atoms.